The fourth-order valence-corrected chi connectivity index (χ4v) is 7.39. The van der Waals surface area contributed by atoms with Crippen molar-refractivity contribution in [1.29, 1.82) is 0 Å². The van der Waals surface area contributed by atoms with Crippen molar-refractivity contribution in [2.45, 2.75) is 56.9 Å². The van der Waals surface area contributed by atoms with Gasteiger partial charge in [0, 0.05) is 24.8 Å². The average Bonchev–Trinajstić information content (AvgIpc) is 2.74. The highest BCUT2D eigenvalue weighted by atomic mass is 16.2. The summed E-state index contributed by atoms with van der Waals surface area (Å²) in [5.41, 5.74) is 0.784. The molecule has 2 amide bonds. The van der Waals surface area contributed by atoms with Crippen LogP contribution in [-0.2, 0) is 22.4 Å². The van der Waals surface area contributed by atoms with Gasteiger partial charge in [-0.2, -0.15) is 0 Å². The third-order valence-corrected chi connectivity index (χ3v) is 8.22. The van der Waals surface area contributed by atoms with Gasteiger partial charge >= 0.3 is 0 Å². The largest absolute Gasteiger partial charge is 0.274 e. The van der Waals surface area contributed by atoms with Gasteiger partial charge in [0.2, 0.25) is 11.8 Å². The van der Waals surface area contributed by atoms with Gasteiger partial charge in [-0.1, -0.05) is 0 Å². The predicted molar refractivity (Wildman–Crippen MR) is 111 cm³/mol. The average molecular weight is 402 g/mol. The fraction of sp³-hybridized carbons (Fsp3) is 0.520. The van der Waals surface area contributed by atoms with E-state index in [0.29, 0.717) is 30.6 Å². The van der Waals surface area contributed by atoms with Gasteiger partial charge in [-0.25, -0.2) is 0 Å². The molecular weight excluding hydrogens is 374 g/mol. The molecule has 0 radical (unpaired) electrons. The van der Waals surface area contributed by atoms with E-state index in [0.717, 1.165) is 30.4 Å². The fourth-order valence-electron chi connectivity index (χ4n) is 7.39. The molecule has 4 aliphatic carbocycles. The van der Waals surface area contributed by atoms with E-state index in [1.807, 2.05) is 24.3 Å². The summed E-state index contributed by atoms with van der Waals surface area (Å²) in [5.74, 6) is 2.19. The zero-order valence-electron chi connectivity index (χ0n) is 17.2. The Morgan fingerprint density at radius 2 is 1.13 bits per heavy atom. The summed E-state index contributed by atoms with van der Waals surface area (Å²) in [6.07, 6.45) is 14.8. The molecule has 2 aromatic rings. The van der Waals surface area contributed by atoms with Crippen molar-refractivity contribution in [3.8, 4) is 0 Å². The minimum absolute atomic E-state index is 0.0445. The van der Waals surface area contributed by atoms with Crippen molar-refractivity contribution in [2.24, 2.45) is 23.2 Å². The molecule has 0 unspecified atom stereocenters. The second-order valence-corrected chi connectivity index (χ2v) is 10.2. The number of imide groups is 1. The van der Waals surface area contributed by atoms with Gasteiger partial charge in [0.15, 0.2) is 0 Å². The first-order valence-corrected chi connectivity index (χ1v) is 11.2. The van der Waals surface area contributed by atoms with Crippen LogP contribution < -0.4 is 0 Å². The molecule has 0 N–H and O–H groups in total. The van der Waals surface area contributed by atoms with Crippen LogP contribution in [0.5, 0.6) is 0 Å². The van der Waals surface area contributed by atoms with Crippen LogP contribution in [0.4, 0.5) is 0 Å². The zero-order chi connectivity index (χ0) is 20.3. The molecule has 7 rings (SSSR count). The number of β-lactam (4-membered cyclic amide) rings is 2. The Bertz CT molecular complexity index is 893. The number of aromatic nitrogens is 2. The molecule has 5 nitrogen and oxygen atoms in total. The van der Waals surface area contributed by atoms with Gasteiger partial charge in [-0.05, 0) is 105 Å². The summed E-state index contributed by atoms with van der Waals surface area (Å²) < 4.78 is 0. The highest BCUT2D eigenvalue weighted by Crippen LogP contribution is 2.60. The Labute approximate surface area is 176 Å². The molecule has 5 aliphatic rings. The van der Waals surface area contributed by atoms with Crippen molar-refractivity contribution < 1.29 is 9.59 Å². The van der Waals surface area contributed by atoms with E-state index >= 15 is 0 Å². The molecule has 1 saturated heterocycles. The third kappa shape index (κ3) is 2.60. The number of hydrogen-bond acceptors (Lipinski definition) is 4. The van der Waals surface area contributed by atoms with Crippen molar-refractivity contribution in [3.63, 3.8) is 0 Å². The van der Waals surface area contributed by atoms with Crippen LogP contribution in [0.25, 0.3) is 0 Å². The summed E-state index contributed by atoms with van der Waals surface area (Å²) in [6, 6.07) is 7.68. The molecule has 0 spiro atoms. The molecule has 4 saturated carbocycles. The smallest absolute Gasteiger partial charge is 0.246 e. The van der Waals surface area contributed by atoms with E-state index in [9.17, 15) is 9.59 Å². The maximum absolute atomic E-state index is 13.9. The molecule has 5 fully saturated rings. The summed E-state index contributed by atoms with van der Waals surface area (Å²) in [5, 5.41) is 0. The minimum atomic E-state index is -0.994. The number of carbonyl (C=O) groups excluding carboxylic acids is 2. The standard InChI is InChI=1S/C25H27N3O2/c29-22-25(15-17-1-5-26-6-2-17,16-18-3-7-27-8-4-18)23(30)28(22)24-12-19-9-20(13-24)11-21(10-19)14-24/h1-8,19-21H,9-16H2. The van der Waals surface area contributed by atoms with Crippen molar-refractivity contribution >= 4 is 11.8 Å². The first-order chi connectivity index (χ1) is 14.6. The molecule has 0 aromatic carbocycles. The molecule has 2 aromatic heterocycles. The molecular formula is C25H27N3O2. The lowest BCUT2D eigenvalue weighted by molar-refractivity contribution is -0.197. The summed E-state index contributed by atoms with van der Waals surface area (Å²) in [4.78, 5) is 37.7. The molecule has 154 valence electrons. The van der Waals surface area contributed by atoms with Crippen LogP contribution in [0.2, 0.25) is 0 Å². The number of nitrogens with zero attached hydrogens (tertiary/aromatic N) is 3. The Kier molecular flexibility index (Phi) is 3.93. The number of rotatable bonds is 5. The molecule has 5 heteroatoms. The van der Waals surface area contributed by atoms with Gasteiger partial charge in [-0.15, -0.1) is 0 Å². The highest BCUT2D eigenvalue weighted by Gasteiger charge is 2.68. The number of amides is 2. The maximum Gasteiger partial charge on any atom is 0.246 e. The first kappa shape index (κ1) is 18.2. The van der Waals surface area contributed by atoms with Crippen molar-refractivity contribution in [2.75, 3.05) is 0 Å². The van der Waals surface area contributed by atoms with Gasteiger partial charge < -0.3 is 0 Å². The Balaban J connectivity index is 1.35. The van der Waals surface area contributed by atoms with Gasteiger partial charge in [0.1, 0.15) is 5.41 Å². The highest BCUT2D eigenvalue weighted by molar-refractivity contribution is 6.22. The summed E-state index contributed by atoms with van der Waals surface area (Å²) >= 11 is 0. The van der Waals surface area contributed by atoms with Gasteiger partial charge in [0.25, 0.3) is 0 Å². The third-order valence-electron chi connectivity index (χ3n) is 8.22. The quantitative estimate of drug-likeness (QED) is 0.567. The van der Waals surface area contributed by atoms with E-state index < -0.39 is 5.41 Å². The lowest BCUT2D eigenvalue weighted by atomic mass is 9.51. The lowest BCUT2D eigenvalue weighted by Gasteiger charge is -2.64. The van der Waals surface area contributed by atoms with Gasteiger partial charge in [0.05, 0.1) is 5.54 Å². The molecule has 3 heterocycles. The number of carbonyl (C=O) groups is 2. The number of hydrogen-bond donors (Lipinski definition) is 0. The van der Waals surface area contributed by atoms with E-state index in [-0.39, 0.29) is 17.4 Å². The molecule has 4 bridgehead atoms. The molecule has 0 atom stereocenters. The number of pyridine rings is 2. The zero-order valence-corrected chi connectivity index (χ0v) is 17.2. The van der Waals surface area contributed by atoms with Crippen LogP contribution in [0.1, 0.15) is 49.7 Å². The van der Waals surface area contributed by atoms with E-state index in [1.54, 1.807) is 29.7 Å². The molecule has 30 heavy (non-hydrogen) atoms. The summed E-state index contributed by atoms with van der Waals surface area (Å²) in [7, 11) is 0. The SMILES string of the molecule is O=C1N(C23CC4CC(CC(C4)C2)C3)C(=O)C1(Cc1ccncc1)Cc1ccncc1. The number of likely N-dealkylation sites (tertiary alicyclic amines) is 1. The Hall–Kier alpha value is -2.56. The first-order valence-electron chi connectivity index (χ1n) is 11.2. The van der Waals surface area contributed by atoms with E-state index in [2.05, 4.69) is 9.97 Å². The van der Waals surface area contributed by atoms with Gasteiger partial charge in [-0.3, -0.25) is 24.5 Å². The van der Waals surface area contributed by atoms with Crippen LogP contribution in [0.3, 0.4) is 0 Å². The normalized spacial score (nSPS) is 33.6. The van der Waals surface area contributed by atoms with E-state index in [1.165, 1.54) is 19.3 Å². The maximum atomic E-state index is 13.9. The van der Waals surface area contributed by atoms with Crippen molar-refractivity contribution in [1.82, 2.24) is 14.9 Å². The summed E-state index contributed by atoms with van der Waals surface area (Å²) in [6.45, 7) is 0. The second kappa shape index (κ2) is 6.47. The second-order valence-electron chi connectivity index (χ2n) is 10.2. The monoisotopic (exact) mass is 401 g/mol. The lowest BCUT2D eigenvalue weighted by Crippen LogP contribution is -2.76. The van der Waals surface area contributed by atoms with Crippen molar-refractivity contribution in [3.05, 3.63) is 60.2 Å². The Morgan fingerprint density at radius 3 is 1.53 bits per heavy atom. The van der Waals surface area contributed by atoms with Crippen LogP contribution >= 0.6 is 0 Å². The Morgan fingerprint density at radius 1 is 0.733 bits per heavy atom. The minimum Gasteiger partial charge on any atom is -0.274 e. The van der Waals surface area contributed by atoms with Crippen LogP contribution in [-0.4, -0.2) is 32.2 Å². The molecule has 1 aliphatic heterocycles. The van der Waals surface area contributed by atoms with E-state index in [4.69, 9.17) is 0 Å². The van der Waals surface area contributed by atoms with Crippen LogP contribution in [0.15, 0.2) is 49.1 Å². The predicted octanol–water partition coefficient (Wildman–Crippen LogP) is 3.59. The van der Waals surface area contributed by atoms with Crippen LogP contribution in [0, 0.1) is 23.2 Å². The topological polar surface area (TPSA) is 63.2 Å².